The topological polar surface area (TPSA) is 24.4 Å². The average molecular weight is 131 g/mol. The molecule has 0 aromatic carbocycles. The van der Waals surface area contributed by atoms with Crippen molar-refractivity contribution in [1.82, 2.24) is 5.06 Å². The molecule has 1 heterocycles. The quantitative estimate of drug-likeness (QED) is 0.497. The first-order chi connectivity index (χ1) is 4.43. The van der Waals surface area contributed by atoms with Crippen molar-refractivity contribution in [3.8, 4) is 0 Å². The zero-order valence-corrected chi connectivity index (χ0v) is 5.80. The number of hydrogen-bond acceptors (Lipinski definition) is 3. The lowest BCUT2D eigenvalue weighted by Gasteiger charge is -2.13. The molecule has 0 aliphatic carbocycles. The molecular weight excluding hydrogens is 118 g/mol. The Labute approximate surface area is 55.5 Å². The first-order valence-corrected chi connectivity index (χ1v) is 3.39. The van der Waals surface area contributed by atoms with Crippen LogP contribution >= 0.6 is 0 Å². The number of hydrogen-bond donors (Lipinski definition) is 0. The van der Waals surface area contributed by atoms with E-state index >= 15 is 0 Å². The predicted molar refractivity (Wildman–Crippen MR) is 34.3 cm³/mol. The van der Waals surface area contributed by atoms with Crippen LogP contribution in [-0.4, -0.2) is 32.9 Å². The zero-order chi connectivity index (χ0) is 6.53. The highest BCUT2D eigenvalue weighted by atomic mass is 16.7. The van der Waals surface area contributed by atoms with Gasteiger partial charge in [-0.3, -0.25) is 0 Å². The predicted octanol–water partition coefficient (Wildman–Crippen LogP) is 0.108. The average Bonchev–Trinajstić information content (AvgIpc) is 1.91. The lowest BCUT2D eigenvalue weighted by Crippen LogP contribution is -2.41. The Bertz CT molecular complexity index is 68.7. The highest BCUT2D eigenvalue weighted by Crippen LogP contribution is 1.92. The van der Waals surface area contributed by atoms with E-state index in [4.69, 9.17) is 9.57 Å². The summed E-state index contributed by atoms with van der Waals surface area (Å²) in [5.41, 5.74) is 0. The molecule has 1 saturated heterocycles. The molecule has 0 N–H and O–H groups in total. The van der Waals surface area contributed by atoms with Crippen LogP contribution in [0.2, 0.25) is 0 Å². The Morgan fingerprint density at radius 1 is 1.44 bits per heavy atom. The minimum absolute atomic E-state index is 0.764. The van der Waals surface area contributed by atoms with Gasteiger partial charge in [-0.1, -0.05) is 0 Å². The lowest BCUT2D eigenvalue weighted by atomic mass is 10.5. The van der Waals surface area contributed by atoms with E-state index in [9.17, 15) is 0 Å². The summed E-state index contributed by atoms with van der Waals surface area (Å²) in [6.07, 6.45) is 0. The molecule has 0 spiro atoms. The van der Waals surface area contributed by atoms with Crippen LogP contribution in [-0.2, 0) is 9.57 Å². The van der Waals surface area contributed by atoms with E-state index in [1.165, 1.54) is 0 Å². The molecule has 1 aliphatic rings. The highest BCUT2D eigenvalue weighted by Gasteiger charge is 2.19. The first-order valence-electron chi connectivity index (χ1n) is 3.39. The highest BCUT2D eigenvalue weighted by molar-refractivity contribution is 4.55. The largest absolute Gasteiger partial charge is 0.369 e. The van der Waals surface area contributed by atoms with Crippen molar-refractivity contribution in [2.24, 2.45) is 0 Å². The fourth-order valence-electron chi connectivity index (χ4n) is 0.858. The normalized spacial score (nSPS) is 22.3. The van der Waals surface area contributed by atoms with Crippen molar-refractivity contribution < 1.29 is 9.57 Å². The number of ether oxygens (including phenoxy) is 1. The second-order valence-corrected chi connectivity index (χ2v) is 1.96. The first kappa shape index (κ1) is 6.99. The van der Waals surface area contributed by atoms with Gasteiger partial charge in [-0.2, -0.15) is 0 Å². The summed E-state index contributed by atoms with van der Waals surface area (Å²) in [5.74, 6) is 0. The van der Waals surface area contributed by atoms with Gasteiger partial charge >= 0.3 is 0 Å². The molecule has 0 aromatic rings. The Morgan fingerprint density at radius 3 is 2.67 bits per heavy atom. The van der Waals surface area contributed by atoms with E-state index in [0.717, 1.165) is 32.9 Å². The molecule has 9 heavy (non-hydrogen) atoms. The van der Waals surface area contributed by atoms with Gasteiger partial charge in [0.1, 0.15) is 19.8 Å². The second-order valence-electron chi connectivity index (χ2n) is 1.96. The third kappa shape index (κ3) is 2.30. The van der Waals surface area contributed by atoms with E-state index in [1.54, 1.807) is 0 Å². The number of morpholine rings is 1. The fraction of sp³-hybridized carbons (Fsp3) is 1.00. The van der Waals surface area contributed by atoms with Crippen LogP contribution in [0.25, 0.3) is 0 Å². The SMILES string of the molecule is CCO[N+]1CCOCC1. The van der Waals surface area contributed by atoms with Crippen LogP contribution in [0, 0.1) is 0 Å². The van der Waals surface area contributed by atoms with Crippen LogP contribution in [0.5, 0.6) is 0 Å². The molecule has 0 saturated carbocycles. The molecule has 53 valence electrons. The standard InChI is InChI=1S/C6H13NO2/c1-2-9-7-3-5-8-6-4-7/h2-6H2,1H3/q+1. The Balaban J connectivity index is 2.08. The van der Waals surface area contributed by atoms with Gasteiger partial charge in [-0.05, 0) is 12.0 Å². The fourth-order valence-corrected chi connectivity index (χ4v) is 0.858. The van der Waals surface area contributed by atoms with Gasteiger partial charge in [0.25, 0.3) is 0 Å². The monoisotopic (exact) mass is 131 g/mol. The summed E-state index contributed by atoms with van der Waals surface area (Å²) in [4.78, 5) is 5.24. The molecule has 1 radical (unpaired) electrons. The number of nitrogens with zero attached hydrogens (tertiary/aromatic N) is 1. The molecule has 1 rings (SSSR count). The molecule has 0 atom stereocenters. The number of rotatable bonds is 2. The van der Waals surface area contributed by atoms with Crippen LogP contribution in [0.4, 0.5) is 0 Å². The molecule has 0 unspecified atom stereocenters. The Kier molecular flexibility index (Phi) is 2.97. The van der Waals surface area contributed by atoms with Gasteiger partial charge in [0.05, 0.1) is 0 Å². The smallest absolute Gasteiger partial charge is 0.183 e. The second kappa shape index (κ2) is 3.82. The molecule has 0 aromatic heterocycles. The van der Waals surface area contributed by atoms with Gasteiger partial charge in [0, 0.05) is 0 Å². The summed E-state index contributed by atoms with van der Waals surface area (Å²) in [6.45, 7) is 6.19. The van der Waals surface area contributed by atoms with Gasteiger partial charge in [0.2, 0.25) is 0 Å². The molecule has 3 heteroatoms. The van der Waals surface area contributed by atoms with Crippen molar-refractivity contribution in [1.29, 1.82) is 0 Å². The van der Waals surface area contributed by atoms with E-state index in [2.05, 4.69) is 0 Å². The molecule has 0 bridgehead atoms. The molecule has 3 nitrogen and oxygen atoms in total. The minimum atomic E-state index is 0.764. The van der Waals surface area contributed by atoms with Crippen molar-refractivity contribution in [2.45, 2.75) is 6.92 Å². The van der Waals surface area contributed by atoms with E-state index in [0.29, 0.717) is 0 Å². The maximum Gasteiger partial charge on any atom is 0.183 e. The zero-order valence-electron chi connectivity index (χ0n) is 5.80. The Morgan fingerprint density at radius 2 is 2.11 bits per heavy atom. The van der Waals surface area contributed by atoms with Crippen molar-refractivity contribution in [3.63, 3.8) is 0 Å². The molecule has 0 amide bonds. The van der Waals surface area contributed by atoms with Crippen LogP contribution in [0.15, 0.2) is 0 Å². The number of hydroxylamine groups is 2. The maximum absolute atomic E-state index is 5.24. The van der Waals surface area contributed by atoms with Crippen molar-refractivity contribution >= 4 is 0 Å². The molecular formula is C6H13NO2+. The molecule has 1 aliphatic heterocycles. The van der Waals surface area contributed by atoms with E-state index in [1.807, 2.05) is 12.0 Å². The minimum Gasteiger partial charge on any atom is -0.369 e. The van der Waals surface area contributed by atoms with Gasteiger partial charge in [-0.25, -0.2) is 0 Å². The summed E-state index contributed by atoms with van der Waals surface area (Å²) in [6, 6.07) is 0. The van der Waals surface area contributed by atoms with Crippen LogP contribution in [0.3, 0.4) is 0 Å². The van der Waals surface area contributed by atoms with Crippen molar-refractivity contribution in [3.05, 3.63) is 0 Å². The van der Waals surface area contributed by atoms with Gasteiger partial charge < -0.3 is 4.74 Å². The van der Waals surface area contributed by atoms with Crippen molar-refractivity contribution in [2.75, 3.05) is 32.9 Å². The van der Waals surface area contributed by atoms with E-state index < -0.39 is 0 Å². The van der Waals surface area contributed by atoms with E-state index in [-0.39, 0.29) is 0 Å². The third-order valence-electron chi connectivity index (χ3n) is 1.28. The van der Waals surface area contributed by atoms with Crippen LogP contribution < -0.4 is 5.06 Å². The van der Waals surface area contributed by atoms with Crippen LogP contribution in [0.1, 0.15) is 6.92 Å². The van der Waals surface area contributed by atoms with Gasteiger partial charge in [0.15, 0.2) is 13.1 Å². The summed E-state index contributed by atoms with van der Waals surface area (Å²) in [5, 5.41) is 1.95. The van der Waals surface area contributed by atoms with Gasteiger partial charge in [-0.15, -0.1) is 4.84 Å². The Hall–Kier alpha value is -0.120. The maximum atomic E-state index is 5.24. The summed E-state index contributed by atoms with van der Waals surface area (Å²) < 4.78 is 5.12. The summed E-state index contributed by atoms with van der Waals surface area (Å²) >= 11 is 0. The molecule has 1 fully saturated rings. The lowest BCUT2D eigenvalue weighted by molar-refractivity contribution is -0.111. The third-order valence-corrected chi connectivity index (χ3v) is 1.28. The summed E-state index contributed by atoms with van der Waals surface area (Å²) in [7, 11) is 0.